The topological polar surface area (TPSA) is 149 Å². The number of unbranched alkanes of at least 4 members (excludes halogenated alkanes) is 24. The Balaban J connectivity index is 3.88. The molecule has 0 aromatic heterocycles. The third kappa shape index (κ3) is 35.7. The highest BCUT2D eigenvalue weighted by Crippen LogP contribution is 2.43. The van der Waals surface area contributed by atoms with Crippen molar-refractivity contribution in [1.82, 2.24) is 0 Å². The molecule has 3 atom stereocenters. The van der Waals surface area contributed by atoms with E-state index < -0.39 is 58.4 Å². The lowest BCUT2D eigenvalue weighted by Crippen LogP contribution is -2.28. The molecule has 52 heavy (non-hydrogen) atoms. The number of hydrogen-bond donors (Lipinski definition) is 3. The first-order chi connectivity index (χ1) is 25.3. The largest absolute Gasteiger partial charge is 0.472 e. The van der Waals surface area contributed by atoms with Crippen LogP contribution in [0.3, 0.4) is 0 Å². The number of ether oxygens (including phenoxy) is 2. The van der Waals surface area contributed by atoms with Gasteiger partial charge in [0, 0.05) is 12.8 Å². The molecule has 10 nitrogen and oxygen atoms in total. The summed E-state index contributed by atoms with van der Waals surface area (Å²) in [5, 5.41) is 19.1. The van der Waals surface area contributed by atoms with Gasteiger partial charge in [-0.2, -0.15) is 0 Å². The van der Waals surface area contributed by atoms with Gasteiger partial charge in [-0.25, -0.2) is 4.57 Å². The highest BCUT2D eigenvalue weighted by atomic mass is 31.2. The van der Waals surface area contributed by atoms with Crippen molar-refractivity contribution < 1.29 is 47.8 Å². The third-order valence-corrected chi connectivity index (χ3v) is 10.2. The van der Waals surface area contributed by atoms with E-state index in [1.54, 1.807) is 0 Å². The number of allylic oxidation sites excluding steroid dienone is 2. The monoisotopic (exact) mass is 763 g/mol. The van der Waals surface area contributed by atoms with E-state index in [1.165, 1.54) is 122 Å². The fraction of sp³-hybridized carbons (Fsp3) is 0.902. The maximum absolute atomic E-state index is 12.3. The summed E-state index contributed by atoms with van der Waals surface area (Å²) in [6, 6.07) is 0. The fourth-order valence-electron chi connectivity index (χ4n) is 5.93. The summed E-state index contributed by atoms with van der Waals surface area (Å²) in [6.07, 6.45) is 34.8. The predicted octanol–water partition coefficient (Wildman–Crippen LogP) is 10.8. The molecular weight excluding hydrogens is 683 g/mol. The van der Waals surface area contributed by atoms with E-state index in [0.29, 0.717) is 12.8 Å². The number of aliphatic hydroxyl groups excluding tert-OH is 2. The Morgan fingerprint density at radius 2 is 0.788 bits per heavy atom. The summed E-state index contributed by atoms with van der Waals surface area (Å²) in [5.74, 6) is -1.02. The molecular formula is C41H79O10P. The van der Waals surface area contributed by atoms with Crippen LogP contribution < -0.4 is 0 Å². The van der Waals surface area contributed by atoms with Crippen LogP contribution >= 0.6 is 7.82 Å². The van der Waals surface area contributed by atoms with Crippen LogP contribution in [0, 0.1) is 0 Å². The molecule has 0 aromatic rings. The number of carbonyl (C=O) groups excluding carboxylic acids is 2. The summed E-state index contributed by atoms with van der Waals surface area (Å²) in [6.45, 7) is 2.20. The van der Waals surface area contributed by atoms with Crippen molar-refractivity contribution >= 4 is 19.8 Å². The zero-order valence-electron chi connectivity index (χ0n) is 33.3. The minimum absolute atomic E-state index is 0.193. The van der Waals surface area contributed by atoms with E-state index in [0.717, 1.165) is 38.5 Å². The van der Waals surface area contributed by atoms with Gasteiger partial charge in [0.05, 0.1) is 26.4 Å². The highest BCUT2D eigenvalue weighted by molar-refractivity contribution is 7.47. The van der Waals surface area contributed by atoms with Crippen LogP contribution in [0.5, 0.6) is 0 Å². The average molecular weight is 763 g/mol. The number of phosphoric acid groups is 1. The van der Waals surface area contributed by atoms with Gasteiger partial charge in [-0.15, -0.1) is 0 Å². The van der Waals surface area contributed by atoms with E-state index >= 15 is 0 Å². The van der Waals surface area contributed by atoms with E-state index in [4.69, 9.17) is 18.5 Å². The maximum Gasteiger partial charge on any atom is 0.472 e. The molecule has 0 aliphatic heterocycles. The van der Waals surface area contributed by atoms with Crippen molar-refractivity contribution in [1.29, 1.82) is 0 Å². The van der Waals surface area contributed by atoms with Gasteiger partial charge >= 0.3 is 19.8 Å². The Hall–Kier alpha value is -1.29. The van der Waals surface area contributed by atoms with Crippen LogP contribution in [-0.4, -0.2) is 65.7 Å². The Bertz CT molecular complexity index is 884. The highest BCUT2D eigenvalue weighted by Gasteiger charge is 2.27. The standard InChI is InChI=1S/C41H79O10P/c1-3-5-7-9-11-13-15-16-17-18-19-20-21-22-23-25-27-29-31-33-41(45)51-39(35-43)37-49-52(46,47)48-36-38(34-42)50-40(44)32-30-28-26-24-14-12-10-8-6-4-2/h16-17,38-39,42-43H,3-15,18-37H2,1-2H3,(H,46,47)/b17-16-. The van der Waals surface area contributed by atoms with Crippen molar-refractivity contribution in [2.75, 3.05) is 26.4 Å². The van der Waals surface area contributed by atoms with Crippen LogP contribution in [0.25, 0.3) is 0 Å². The maximum atomic E-state index is 12.3. The molecule has 0 aliphatic rings. The molecule has 0 saturated carbocycles. The number of phosphoric ester groups is 1. The van der Waals surface area contributed by atoms with Crippen molar-refractivity contribution in [2.24, 2.45) is 0 Å². The molecule has 0 saturated heterocycles. The van der Waals surface area contributed by atoms with Crippen LogP contribution in [0.4, 0.5) is 0 Å². The SMILES string of the molecule is CCCCCCCC/C=C\CCCCCCCCCCCC(=O)OC(CO)COP(=O)(O)OCC(CO)OC(=O)CCCCCCCCCCCC. The zero-order valence-corrected chi connectivity index (χ0v) is 34.2. The summed E-state index contributed by atoms with van der Waals surface area (Å²) in [7, 11) is -4.63. The third-order valence-electron chi connectivity index (χ3n) is 9.23. The second kappa shape index (κ2) is 38.0. The molecule has 3 unspecified atom stereocenters. The number of carbonyl (C=O) groups is 2. The minimum atomic E-state index is -4.63. The zero-order chi connectivity index (χ0) is 38.4. The van der Waals surface area contributed by atoms with Gasteiger partial charge in [-0.05, 0) is 38.5 Å². The van der Waals surface area contributed by atoms with Crippen molar-refractivity contribution in [2.45, 2.75) is 212 Å². The molecule has 0 aromatic carbocycles. The average Bonchev–Trinajstić information content (AvgIpc) is 3.13. The van der Waals surface area contributed by atoms with Crippen molar-refractivity contribution in [3.05, 3.63) is 12.2 Å². The summed E-state index contributed by atoms with van der Waals surface area (Å²) in [4.78, 5) is 34.4. The Morgan fingerprint density at radius 3 is 1.10 bits per heavy atom. The minimum Gasteiger partial charge on any atom is -0.457 e. The van der Waals surface area contributed by atoms with E-state index in [-0.39, 0.29) is 12.8 Å². The summed E-state index contributed by atoms with van der Waals surface area (Å²) < 4.78 is 32.5. The second-order valence-corrected chi connectivity index (χ2v) is 15.8. The van der Waals surface area contributed by atoms with Crippen LogP contribution in [0.2, 0.25) is 0 Å². The first-order valence-electron chi connectivity index (χ1n) is 21.1. The lowest BCUT2D eigenvalue weighted by molar-refractivity contribution is -0.153. The van der Waals surface area contributed by atoms with Gasteiger partial charge in [0.15, 0.2) is 0 Å². The van der Waals surface area contributed by atoms with Crippen molar-refractivity contribution in [3.8, 4) is 0 Å². The molecule has 0 fully saturated rings. The van der Waals surface area contributed by atoms with Gasteiger partial charge < -0.3 is 24.6 Å². The smallest absolute Gasteiger partial charge is 0.457 e. The van der Waals surface area contributed by atoms with Crippen LogP contribution in [0.1, 0.15) is 200 Å². The molecule has 0 bridgehead atoms. The van der Waals surface area contributed by atoms with Crippen LogP contribution in [0.15, 0.2) is 12.2 Å². The number of aliphatic hydroxyl groups is 2. The van der Waals surface area contributed by atoms with Gasteiger partial charge in [-0.1, -0.05) is 161 Å². The number of rotatable bonds is 40. The molecule has 0 aliphatic carbocycles. The predicted molar refractivity (Wildman–Crippen MR) is 210 cm³/mol. The quantitative estimate of drug-likeness (QED) is 0.0238. The fourth-order valence-corrected chi connectivity index (χ4v) is 6.72. The molecule has 3 N–H and O–H groups in total. The molecule has 0 heterocycles. The second-order valence-electron chi connectivity index (χ2n) is 14.3. The first kappa shape index (κ1) is 50.7. The first-order valence-corrected chi connectivity index (χ1v) is 22.6. The Kier molecular flexibility index (Phi) is 37.1. The van der Waals surface area contributed by atoms with E-state index in [2.05, 4.69) is 26.0 Å². The lowest BCUT2D eigenvalue weighted by atomic mass is 10.1. The number of esters is 2. The summed E-state index contributed by atoms with van der Waals surface area (Å²) >= 11 is 0. The molecule has 0 rings (SSSR count). The normalized spacial score (nSPS) is 14.0. The van der Waals surface area contributed by atoms with Gasteiger partial charge in [0.25, 0.3) is 0 Å². The molecule has 0 amide bonds. The van der Waals surface area contributed by atoms with Gasteiger partial charge in [0.2, 0.25) is 0 Å². The van der Waals surface area contributed by atoms with E-state index in [9.17, 15) is 29.3 Å². The lowest BCUT2D eigenvalue weighted by Gasteiger charge is -2.20. The van der Waals surface area contributed by atoms with Crippen molar-refractivity contribution in [3.63, 3.8) is 0 Å². The molecule has 11 heteroatoms. The van der Waals surface area contributed by atoms with E-state index in [1.807, 2.05) is 0 Å². The van der Waals surface area contributed by atoms with Crippen LogP contribution in [-0.2, 0) is 32.7 Å². The van der Waals surface area contributed by atoms with Gasteiger partial charge in [0.1, 0.15) is 12.2 Å². The molecule has 0 radical (unpaired) electrons. The number of hydrogen-bond acceptors (Lipinski definition) is 9. The molecule has 0 spiro atoms. The Morgan fingerprint density at radius 1 is 0.500 bits per heavy atom. The summed E-state index contributed by atoms with van der Waals surface area (Å²) in [5.41, 5.74) is 0. The molecule has 308 valence electrons. The Labute approximate surface area is 317 Å². The van der Waals surface area contributed by atoms with Gasteiger partial charge in [-0.3, -0.25) is 18.6 Å².